The molecule has 1 aliphatic rings. The zero-order valence-electron chi connectivity index (χ0n) is 11.1. The molecular formula is C13H16FN5O. The molecule has 0 unspecified atom stereocenters. The van der Waals surface area contributed by atoms with Crippen LogP contribution in [0.3, 0.4) is 0 Å². The van der Waals surface area contributed by atoms with Crippen LogP contribution in [-0.4, -0.2) is 46.0 Å². The van der Waals surface area contributed by atoms with Crippen molar-refractivity contribution < 1.29 is 9.50 Å². The minimum absolute atomic E-state index is 0.0504. The molecule has 1 atom stereocenters. The first-order chi connectivity index (χ1) is 9.65. The molecule has 6 nitrogen and oxygen atoms in total. The molecule has 0 spiro atoms. The van der Waals surface area contributed by atoms with Gasteiger partial charge in [-0.15, -0.1) is 5.10 Å². The summed E-state index contributed by atoms with van der Waals surface area (Å²) in [5.74, 6) is 0.0838. The molecule has 2 heterocycles. The van der Waals surface area contributed by atoms with Crippen LogP contribution in [0, 0.1) is 5.82 Å². The maximum Gasteiger partial charge on any atom is 0.245 e. The second-order valence-corrected chi connectivity index (χ2v) is 4.92. The number of halogens is 1. The number of aromatic nitrogens is 3. The molecule has 2 aromatic rings. The Labute approximate surface area is 115 Å². The van der Waals surface area contributed by atoms with E-state index in [1.54, 1.807) is 0 Å². The number of nitrogens with one attached hydrogen (secondary N) is 2. The van der Waals surface area contributed by atoms with E-state index < -0.39 is 5.82 Å². The maximum absolute atomic E-state index is 13.8. The number of rotatable bonds is 2. The van der Waals surface area contributed by atoms with E-state index in [9.17, 15) is 9.50 Å². The van der Waals surface area contributed by atoms with Gasteiger partial charge in [-0.2, -0.15) is 4.98 Å². The number of anilines is 1. The van der Waals surface area contributed by atoms with Gasteiger partial charge in [0.15, 0.2) is 5.82 Å². The van der Waals surface area contributed by atoms with Gasteiger partial charge in [0.2, 0.25) is 5.95 Å². The fourth-order valence-electron chi connectivity index (χ4n) is 2.37. The minimum atomic E-state index is -0.527. The average Bonchev–Trinajstić information content (AvgIpc) is 2.88. The second kappa shape index (κ2) is 5.09. The summed E-state index contributed by atoms with van der Waals surface area (Å²) < 4.78 is 13.8. The van der Waals surface area contributed by atoms with Gasteiger partial charge in [-0.05, 0) is 19.1 Å². The number of hydrogen-bond donors (Lipinski definition) is 3. The van der Waals surface area contributed by atoms with E-state index in [-0.39, 0.29) is 17.1 Å². The lowest BCUT2D eigenvalue weighted by Crippen LogP contribution is -2.49. The molecule has 0 radical (unpaired) electrons. The van der Waals surface area contributed by atoms with Crippen molar-refractivity contribution in [3.05, 3.63) is 24.0 Å². The first-order valence-corrected chi connectivity index (χ1v) is 6.53. The van der Waals surface area contributed by atoms with E-state index in [0.717, 1.165) is 19.6 Å². The van der Waals surface area contributed by atoms with Crippen molar-refractivity contribution in [3.63, 3.8) is 0 Å². The first-order valence-electron chi connectivity index (χ1n) is 6.53. The number of nitrogens with zero attached hydrogens (tertiary/aromatic N) is 3. The molecular weight excluding hydrogens is 261 g/mol. The summed E-state index contributed by atoms with van der Waals surface area (Å²) in [5.41, 5.74) is 0.0504. The Morgan fingerprint density at radius 2 is 2.30 bits per heavy atom. The predicted octanol–water partition coefficient (Wildman–Crippen LogP) is 1.11. The third kappa shape index (κ3) is 2.32. The van der Waals surface area contributed by atoms with Crippen LogP contribution in [0.1, 0.15) is 6.92 Å². The number of phenols is 1. The third-order valence-corrected chi connectivity index (χ3v) is 3.35. The summed E-state index contributed by atoms with van der Waals surface area (Å²) in [4.78, 5) is 6.32. The van der Waals surface area contributed by atoms with Crippen molar-refractivity contribution in [2.75, 3.05) is 24.5 Å². The van der Waals surface area contributed by atoms with Crippen LogP contribution in [0.4, 0.5) is 10.3 Å². The Kier molecular flexibility index (Phi) is 3.27. The van der Waals surface area contributed by atoms with Crippen LogP contribution in [0.25, 0.3) is 11.4 Å². The van der Waals surface area contributed by atoms with Gasteiger partial charge < -0.3 is 15.3 Å². The van der Waals surface area contributed by atoms with Crippen molar-refractivity contribution in [3.8, 4) is 17.1 Å². The standard InChI is InChI=1S/C13H16FN5O/c1-8-7-19(6-5-15-8)13-16-12(17-18-13)11-9(14)3-2-4-10(11)20/h2-4,8,15,20H,5-7H2,1H3,(H,16,17,18)/t8-/m1/s1. The molecule has 0 saturated carbocycles. The molecule has 20 heavy (non-hydrogen) atoms. The van der Waals surface area contributed by atoms with Crippen LogP contribution in [0.2, 0.25) is 0 Å². The zero-order chi connectivity index (χ0) is 14.1. The Hall–Kier alpha value is -2.15. The molecule has 1 aromatic heterocycles. The first kappa shape index (κ1) is 12.9. The van der Waals surface area contributed by atoms with E-state index in [0.29, 0.717) is 12.0 Å². The number of piperazine rings is 1. The molecule has 1 saturated heterocycles. The highest BCUT2D eigenvalue weighted by molar-refractivity contribution is 5.65. The average molecular weight is 277 g/mol. The van der Waals surface area contributed by atoms with Gasteiger partial charge >= 0.3 is 0 Å². The maximum atomic E-state index is 13.8. The lowest BCUT2D eigenvalue weighted by molar-refractivity contribution is 0.471. The number of aromatic amines is 1. The van der Waals surface area contributed by atoms with Crippen LogP contribution in [0.5, 0.6) is 5.75 Å². The van der Waals surface area contributed by atoms with Gasteiger partial charge in [0.25, 0.3) is 0 Å². The van der Waals surface area contributed by atoms with E-state index >= 15 is 0 Å². The smallest absolute Gasteiger partial charge is 0.245 e. The zero-order valence-corrected chi connectivity index (χ0v) is 11.1. The highest BCUT2D eigenvalue weighted by atomic mass is 19.1. The van der Waals surface area contributed by atoms with E-state index in [2.05, 4.69) is 27.4 Å². The van der Waals surface area contributed by atoms with Crippen molar-refractivity contribution in [1.82, 2.24) is 20.5 Å². The number of phenolic OH excluding ortho intramolecular Hbond substituents is 1. The van der Waals surface area contributed by atoms with Crippen LogP contribution < -0.4 is 10.2 Å². The molecule has 0 bridgehead atoms. The van der Waals surface area contributed by atoms with Crippen LogP contribution in [-0.2, 0) is 0 Å². The van der Waals surface area contributed by atoms with Crippen LogP contribution in [0.15, 0.2) is 18.2 Å². The van der Waals surface area contributed by atoms with Crippen molar-refractivity contribution in [2.24, 2.45) is 0 Å². The highest BCUT2D eigenvalue weighted by Crippen LogP contribution is 2.29. The summed E-state index contributed by atoms with van der Waals surface area (Å²) in [6, 6.07) is 4.51. The SMILES string of the molecule is C[C@@H]1CN(c2n[nH]c(-c3c(O)cccc3F)n2)CCN1. The minimum Gasteiger partial charge on any atom is -0.507 e. The largest absolute Gasteiger partial charge is 0.507 e. The molecule has 3 N–H and O–H groups in total. The van der Waals surface area contributed by atoms with E-state index in [4.69, 9.17) is 0 Å². The fourth-order valence-corrected chi connectivity index (χ4v) is 2.37. The quantitative estimate of drug-likeness (QED) is 0.766. The van der Waals surface area contributed by atoms with Gasteiger partial charge in [0.1, 0.15) is 11.6 Å². The van der Waals surface area contributed by atoms with Gasteiger partial charge in [-0.25, -0.2) is 4.39 Å². The van der Waals surface area contributed by atoms with Crippen molar-refractivity contribution in [2.45, 2.75) is 13.0 Å². The highest BCUT2D eigenvalue weighted by Gasteiger charge is 2.21. The topological polar surface area (TPSA) is 77.1 Å². The molecule has 3 rings (SSSR count). The lowest BCUT2D eigenvalue weighted by atomic mass is 10.2. The monoisotopic (exact) mass is 277 g/mol. The van der Waals surface area contributed by atoms with E-state index in [1.807, 2.05) is 4.90 Å². The Morgan fingerprint density at radius 1 is 1.45 bits per heavy atom. The van der Waals surface area contributed by atoms with Crippen molar-refractivity contribution in [1.29, 1.82) is 0 Å². The Bertz CT molecular complexity index is 594. The molecule has 1 aromatic carbocycles. The summed E-state index contributed by atoms with van der Waals surface area (Å²) in [5, 5.41) is 19.9. The van der Waals surface area contributed by atoms with Crippen LogP contribution >= 0.6 is 0 Å². The molecule has 1 aliphatic heterocycles. The summed E-state index contributed by atoms with van der Waals surface area (Å²) in [6.45, 7) is 4.53. The molecule has 106 valence electrons. The second-order valence-electron chi connectivity index (χ2n) is 4.92. The van der Waals surface area contributed by atoms with E-state index in [1.165, 1.54) is 18.2 Å². The number of H-pyrrole nitrogens is 1. The Morgan fingerprint density at radius 3 is 3.05 bits per heavy atom. The summed E-state index contributed by atoms with van der Waals surface area (Å²) >= 11 is 0. The molecule has 1 fully saturated rings. The Balaban J connectivity index is 1.90. The summed E-state index contributed by atoms with van der Waals surface area (Å²) in [6.07, 6.45) is 0. The molecule has 7 heteroatoms. The van der Waals surface area contributed by atoms with Crippen molar-refractivity contribution >= 4 is 5.95 Å². The molecule has 0 amide bonds. The fraction of sp³-hybridized carbons (Fsp3) is 0.385. The lowest BCUT2D eigenvalue weighted by Gasteiger charge is -2.30. The van der Waals surface area contributed by atoms with Gasteiger partial charge in [0, 0.05) is 25.7 Å². The van der Waals surface area contributed by atoms with Gasteiger partial charge in [-0.1, -0.05) is 6.07 Å². The summed E-state index contributed by atoms with van der Waals surface area (Å²) in [7, 11) is 0. The number of benzene rings is 1. The van der Waals surface area contributed by atoms with Gasteiger partial charge in [0.05, 0.1) is 5.56 Å². The number of hydrogen-bond acceptors (Lipinski definition) is 5. The van der Waals surface area contributed by atoms with Gasteiger partial charge in [-0.3, -0.25) is 5.10 Å². The third-order valence-electron chi connectivity index (χ3n) is 3.35. The normalized spacial score (nSPS) is 19.3. The molecule has 0 aliphatic carbocycles. The number of aromatic hydroxyl groups is 1. The predicted molar refractivity (Wildman–Crippen MR) is 73.1 cm³/mol.